The standard InChI is InChI=1S/C26H33IN2O/c27-23-10-4-2-7-21(23)18-28-15-11-25(30)24(19-28)29-16-13-26(14-17-29)12-5-8-20-6-1-3-9-22(20)26/h1-4,6-7,9-10,24-25,30H,5,8,11-19H2. The molecule has 0 amide bonds. The van der Waals surface area contributed by atoms with Crippen molar-refractivity contribution in [3.8, 4) is 0 Å². The molecule has 1 N–H and O–H groups in total. The van der Waals surface area contributed by atoms with Crippen LogP contribution in [-0.4, -0.2) is 53.2 Å². The molecule has 0 radical (unpaired) electrons. The normalized spacial score (nSPS) is 27.1. The van der Waals surface area contributed by atoms with Gasteiger partial charge in [0.1, 0.15) is 0 Å². The van der Waals surface area contributed by atoms with E-state index in [9.17, 15) is 5.11 Å². The number of halogens is 1. The lowest BCUT2D eigenvalue weighted by atomic mass is 9.64. The van der Waals surface area contributed by atoms with Gasteiger partial charge in [0.25, 0.3) is 0 Å². The maximum atomic E-state index is 10.8. The van der Waals surface area contributed by atoms with Gasteiger partial charge < -0.3 is 5.11 Å². The number of aliphatic hydroxyl groups is 1. The Morgan fingerprint density at radius 3 is 2.57 bits per heavy atom. The third kappa shape index (κ3) is 4.08. The lowest BCUT2D eigenvalue weighted by Crippen LogP contribution is -2.58. The number of hydrogen-bond donors (Lipinski definition) is 1. The Morgan fingerprint density at radius 1 is 0.967 bits per heavy atom. The van der Waals surface area contributed by atoms with Crippen molar-refractivity contribution in [1.82, 2.24) is 9.80 Å². The van der Waals surface area contributed by atoms with E-state index in [2.05, 4.69) is 80.9 Å². The van der Waals surface area contributed by atoms with Gasteiger partial charge in [-0.3, -0.25) is 9.80 Å². The first-order chi connectivity index (χ1) is 14.6. The van der Waals surface area contributed by atoms with Crippen LogP contribution in [0.1, 0.15) is 48.8 Å². The fourth-order valence-electron chi connectivity index (χ4n) is 6.17. The summed E-state index contributed by atoms with van der Waals surface area (Å²) in [5.41, 5.74) is 4.99. The van der Waals surface area contributed by atoms with E-state index in [1.54, 1.807) is 11.1 Å². The van der Waals surface area contributed by atoms with Gasteiger partial charge in [0.05, 0.1) is 6.10 Å². The van der Waals surface area contributed by atoms with E-state index in [0.29, 0.717) is 5.41 Å². The highest BCUT2D eigenvalue weighted by Gasteiger charge is 2.42. The maximum absolute atomic E-state index is 10.8. The molecule has 2 fully saturated rings. The molecule has 160 valence electrons. The predicted molar refractivity (Wildman–Crippen MR) is 131 cm³/mol. The molecule has 4 heteroatoms. The SMILES string of the molecule is OC1CCN(Cc2ccccc2I)CC1N1CCC2(CCCc3ccccc32)CC1. The second-order valence-electron chi connectivity index (χ2n) is 9.58. The summed E-state index contributed by atoms with van der Waals surface area (Å²) in [7, 11) is 0. The van der Waals surface area contributed by atoms with Crippen LogP contribution in [0.15, 0.2) is 48.5 Å². The quantitative estimate of drug-likeness (QED) is 0.605. The lowest BCUT2D eigenvalue weighted by Gasteiger charge is -2.50. The second kappa shape index (κ2) is 8.89. The number of aliphatic hydroxyl groups excluding tert-OH is 1. The molecule has 5 rings (SSSR count). The Morgan fingerprint density at radius 2 is 1.73 bits per heavy atom. The molecule has 30 heavy (non-hydrogen) atoms. The third-order valence-corrected chi connectivity index (χ3v) is 8.95. The van der Waals surface area contributed by atoms with Gasteiger partial charge in [-0.2, -0.15) is 0 Å². The average molecular weight is 516 g/mol. The third-order valence-electron chi connectivity index (χ3n) is 7.90. The molecule has 3 nitrogen and oxygen atoms in total. The minimum absolute atomic E-state index is 0.191. The van der Waals surface area contributed by atoms with E-state index in [1.807, 2.05) is 0 Å². The van der Waals surface area contributed by atoms with Crippen LogP contribution in [0.5, 0.6) is 0 Å². The number of hydrogen-bond acceptors (Lipinski definition) is 3. The maximum Gasteiger partial charge on any atom is 0.0720 e. The number of nitrogens with zero attached hydrogens (tertiary/aromatic N) is 2. The lowest BCUT2D eigenvalue weighted by molar-refractivity contribution is -0.0298. The molecule has 0 aromatic heterocycles. The molecule has 3 aliphatic rings. The van der Waals surface area contributed by atoms with E-state index in [4.69, 9.17) is 0 Å². The van der Waals surface area contributed by atoms with E-state index in [-0.39, 0.29) is 12.1 Å². The number of rotatable bonds is 3. The van der Waals surface area contributed by atoms with Gasteiger partial charge >= 0.3 is 0 Å². The van der Waals surface area contributed by atoms with Crippen molar-refractivity contribution in [2.24, 2.45) is 0 Å². The molecular weight excluding hydrogens is 483 g/mol. The minimum atomic E-state index is -0.191. The fraction of sp³-hybridized carbons (Fsp3) is 0.538. The molecule has 2 saturated heterocycles. The van der Waals surface area contributed by atoms with Gasteiger partial charge in [0.2, 0.25) is 0 Å². The van der Waals surface area contributed by atoms with Crippen LogP contribution in [-0.2, 0) is 18.4 Å². The largest absolute Gasteiger partial charge is 0.391 e. The van der Waals surface area contributed by atoms with Crippen molar-refractivity contribution in [2.75, 3.05) is 26.2 Å². The zero-order chi connectivity index (χ0) is 20.6. The molecule has 0 saturated carbocycles. The number of likely N-dealkylation sites (tertiary alicyclic amines) is 2. The van der Waals surface area contributed by atoms with Crippen LogP contribution in [0, 0.1) is 3.57 Å². The summed E-state index contributed by atoms with van der Waals surface area (Å²) < 4.78 is 1.34. The molecule has 2 aromatic carbocycles. The molecule has 2 aromatic rings. The average Bonchev–Trinajstić information content (AvgIpc) is 2.78. The van der Waals surface area contributed by atoms with Crippen LogP contribution < -0.4 is 0 Å². The summed E-state index contributed by atoms with van der Waals surface area (Å²) in [5, 5.41) is 10.8. The predicted octanol–water partition coefficient (Wildman–Crippen LogP) is 4.60. The second-order valence-corrected chi connectivity index (χ2v) is 10.7. The van der Waals surface area contributed by atoms with Crippen molar-refractivity contribution < 1.29 is 5.11 Å². The van der Waals surface area contributed by atoms with E-state index >= 15 is 0 Å². The Labute approximate surface area is 194 Å². The molecule has 2 heterocycles. The number of aryl methyl sites for hydroxylation is 1. The summed E-state index contributed by atoms with van der Waals surface area (Å²) in [5.74, 6) is 0. The van der Waals surface area contributed by atoms with Crippen LogP contribution in [0.3, 0.4) is 0 Å². The highest BCUT2D eigenvalue weighted by atomic mass is 127. The van der Waals surface area contributed by atoms with Crippen LogP contribution in [0.2, 0.25) is 0 Å². The molecule has 1 aliphatic carbocycles. The Hall–Kier alpha value is -0.950. The van der Waals surface area contributed by atoms with Crippen LogP contribution >= 0.6 is 22.6 Å². The van der Waals surface area contributed by atoms with Crippen molar-refractivity contribution >= 4 is 22.6 Å². The highest BCUT2D eigenvalue weighted by molar-refractivity contribution is 14.1. The van der Waals surface area contributed by atoms with E-state index in [1.165, 1.54) is 41.2 Å². The monoisotopic (exact) mass is 516 g/mol. The topological polar surface area (TPSA) is 26.7 Å². The van der Waals surface area contributed by atoms with Crippen molar-refractivity contribution in [1.29, 1.82) is 0 Å². The first-order valence-corrected chi connectivity index (χ1v) is 12.7. The molecule has 0 bridgehead atoms. The highest BCUT2D eigenvalue weighted by Crippen LogP contribution is 2.45. The van der Waals surface area contributed by atoms with Gasteiger partial charge in [0, 0.05) is 29.2 Å². The Bertz CT molecular complexity index is 877. The Kier molecular flexibility index (Phi) is 6.20. The van der Waals surface area contributed by atoms with E-state index in [0.717, 1.165) is 39.1 Å². The number of benzene rings is 2. The Balaban J connectivity index is 1.26. The van der Waals surface area contributed by atoms with E-state index < -0.39 is 0 Å². The van der Waals surface area contributed by atoms with Crippen LogP contribution in [0.25, 0.3) is 0 Å². The first kappa shape index (κ1) is 20.9. The zero-order valence-corrected chi connectivity index (χ0v) is 19.9. The summed E-state index contributed by atoms with van der Waals surface area (Å²) in [6.07, 6.45) is 7.09. The van der Waals surface area contributed by atoms with Gasteiger partial charge in [-0.25, -0.2) is 0 Å². The molecule has 2 unspecified atom stereocenters. The van der Waals surface area contributed by atoms with Gasteiger partial charge in [0.15, 0.2) is 0 Å². The molecule has 2 aliphatic heterocycles. The number of fused-ring (bicyclic) bond motifs is 2. The molecule has 2 atom stereocenters. The molecule has 1 spiro atoms. The fourth-order valence-corrected chi connectivity index (χ4v) is 6.72. The first-order valence-electron chi connectivity index (χ1n) is 11.6. The summed E-state index contributed by atoms with van der Waals surface area (Å²) in [4.78, 5) is 5.16. The van der Waals surface area contributed by atoms with Gasteiger partial charge in [-0.1, -0.05) is 42.5 Å². The van der Waals surface area contributed by atoms with Crippen molar-refractivity contribution in [3.05, 3.63) is 68.8 Å². The summed E-state index contributed by atoms with van der Waals surface area (Å²) in [6.45, 7) is 5.20. The van der Waals surface area contributed by atoms with Crippen molar-refractivity contribution in [2.45, 2.75) is 62.6 Å². The van der Waals surface area contributed by atoms with Gasteiger partial charge in [-0.15, -0.1) is 0 Å². The smallest absolute Gasteiger partial charge is 0.0720 e. The summed E-state index contributed by atoms with van der Waals surface area (Å²) in [6, 6.07) is 18.1. The van der Waals surface area contributed by atoms with Crippen molar-refractivity contribution in [3.63, 3.8) is 0 Å². The van der Waals surface area contributed by atoms with Gasteiger partial charge in [-0.05, 0) is 102 Å². The van der Waals surface area contributed by atoms with Crippen LogP contribution in [0.4, 0.5) is 0 Å². The molecular formula is C26H33IN2O. The minimum Gasteiger partial charge on any atom is -0.391 e. The number of piperidine rings is 2. The summed E-state index contributed by atoms with van der Waals surface area (Å²) >= 11 is 2.44. The zero-order valence-electron chi connectivity index (χ0n) is 17.8.